The smallest absolute Gasteiger partial charge is 0.192 e. The molecule has 1 aromatic heterocycles. The zero-order chi connectivity index (χ0) is 20.6. The molecule has 1 aliphatic heterocycles. The minimum atomic E-state index is 0.124. The van der Waals surface area contributed by atoms with Crippen molar-refractivity contribution >= 4 is 5.96 Å². The minimum absolute atomic E-state index is 0.124. The van der Waals surface area contributed by atoms with Gasteiger partial charge in [-0.1, -0.05) is 26.0 Å². The number of benzene rings is 1. The van der Waals surface area contributed by atoms with E-state index in [1.54, 1.807) is 0 Å². The molecule has 7 nitrogen and oxygen atoms in total. The summed E-state index contributed by atoms with van der Waals surface area (Å²) in [6, 6.07) is 8.39. The quantitative estimate of drug-likeness (QED) is 0.526. The van der Waals surface area contributed by atoms with E-state index in [-0.39, 0.29) is 6.04 Å². The van der Waals surface area contributed by atoms with Crippen LogP contribution in [0.2, 0.25) is 0 Å². The predicted octanol–water partition coefficient (Wildman–Crippen LogP) is 3.47. The van der Waals surface area contributed by atoms with E-state index in [0.29, 0.717) is 12.5 Å². The molecule has 0 amide bonds. The Morgan fingerprint density at radius 3 is 2.69 bits per heavy atom. The first kappa shape index (κ1) is 21.1. The van der Waals surface area contributed by atoms with Gasteiger partial charge in [0.25, 0.3) is 0 Å². The maximum atomic E-state index is 5.78. The van der Waals surface area contributed by atoms with Crippen LogP contribution >= 0.6 is 0 Å². The molecule has 2 aromatic rings. The summed E-state index contributed by atoms with van der Waals surface area (Å²) in [5.74, 6) is 4.24. The Bertz CT molecular complexity index is 796. The van der Waals surface area contributed by atoms with Crippen LogP contribution in [0.5, 0.6) is 5.75 Å². The van der Waals surface area contributed by atoms with Crippen LogP contribution in [-0.2, 0) is 19.5 Å². The molecule has 0 aliphatic carbocycles. The molecule has 0 bridgehead atoms. The van der Waals surface area contributed by atoms with Gasteiger partial charge >= 0.3 is 0 Å². The van der Waals surface area contributed by atoms with Gasteiger partial charge in [-0.05, 0) is 50.3 Å². The lowest BCUT2D eigenvalue weighted by Gasteiger charge is -2.19. The fourth-order valence-corrected chi connectivity index (χ4v) is 3.36. The number of guanidine groups is 1. The third-order valence-electron chi connectivity index (χ3n) is 4.98. The molecule has 2 heterocycles. The van der Waals surface area contributed by atoms with E-state index in [9.17, 15) is 0 Å². The Morgan fingerprint density at radius 1 is 1.17 bits per heavy atom. The van der Waals surface area contributed by atoms with Crippen molar-refractivity contribution in [1.29, 1.82) is 0 Å². The predicted molar refractivity (Wildman–Crippen MR) is 116 cm³/mol. The molecule has 0 saturated carbocycles. The van der Waals surface area contributed by atoms with E-state index in [1.165, 1.54) is 18.4 Å². The molecular weight excluding hydrogens is 364 g/mol. The largest absolute Gasteiger partial charge is 0.493 e. The zero-order valence-electron chi connectivity index (χ0n) is 18.1. The molecule has 0 saturated heterocycles. The Balaban J connectivity index is 1.61. The second-order valence-corrected chi connectivity index (χ2v) is 7.98. The monoisotopic (exact) mass is 398 g/mol. The number of hydrogen-bond donors (Lipinski definition) is 2. The van der Waals surface area contributed by atoms with Gasteiger partial charge in [0.2, 0.25) is 0 Å². The fourth-order valence-electron chi connectivity index (χ4n) is 3.36. The van der Waals surface area contributed by atoms with E-state index >= 15 is 0 Å². The van der Waals surface area contributed by atoms with Gasteiger partial charge in [-0.25, -0.2) is 4.99 Å². The van der Waals surface area contributed by atoms with Crippen molar-refractivity contribution in [3.63, 3.8) is 0 Å². The second-order valence-electron chi connectivity index (χ2n) is 7.98. The SMILES string of the molecule is CCNC(=NCc1nnc2n1CCCC2)NC(C)c1ccc(OCC(C)C)cc1. The Morgan fingerprint density at radius 2 is 1.97 bits per heavy atom. The van der Waals surface area contributed by atoms with Gasteiger partial charge in [0, 0.05) is 19.5 Å². The number of hydrogen-bond acceptors (Lipinski definition) is 4. The number of nitrogens with one attached hydrogen (secondary N) is 2. The van der Waals surface area contributed by atoms with E-state index < -0.39 is 0 Å². The lowest BCUT2D eigenvalue weighted by molar-refractivity contribution is 0.271. The fraction of sp³-hybridized carbons (Fsp3) is 0.591. The van der Waals surface area contributed by atoms with Crippen LogP contribution < -0.4 is 15.4 Å². The van der Waals surface area contributed by atoms with Crippen LogP contribution in [0.15, 0.2) is 29.3 Å². The van der Waals surface area contributed by atoms with Crippen molar-refractivity contribution in [3.8, 4) is 5.75 Å². The number of ether oxygens (including phenoxy) is 1. The average Bonchev–Trinajstić information content (AvgIpc) is 3.14. The maximum absolute atomic E-state index is 5.78. The van der Waals surface area contributed by atoms with Crippen LogP contribution in [-0.4, -0.2) is 33.9 Å². The third kappa shape index (κ3) is 5.95. The highest BCUT2D eigenvalue weighted by molar-refractivity contribution is 5.80. The van der Waals surface area contributed by atoms with E-state index in [4.69, 9.17) is 9.73 Å². The summed E-state index contributed by atoms with van der Waals surface area (Å²) in [5, 5.41) is 15.5. The number of rotatable bonds is 8. The topological polar surface area (TPSA) is 76.4 Å². The van der Waals surface area contributed by atoms with Gasteiger partial charge in [0.1, 0.15) is 18.1 Å². The van der Waals surface area contributed by atoms with Gasteiger partial charge in [0.15, 0.2) is 11.8 Å². The summed E-state index contributed by atoms with van der Waals surface area (Å²) in [6.45, 7) is 11.6. The van der Waals surface area contributed by atoms with Crippen molar-refractivity contribution in [2.45, 2.75) is 66.1 Å². The lowest BCUT2D eigenvalue weighted by atomic mass is 10.1. The summed E-state index contributed by atoms with van der Waals surface area (Å²) in [4.78, 5) is 4.74. The molecule has 1 aliphatic rings. The van der Waals surface area contributed by atoms with Crippen molar-refractivity contribution in [3.05, 3.63) is 41.5 Å². The highest BCUT2D eigenvalue weighted by Crippen LogP contribution is 2.18. The molecule has 1 atom stereocenters. The maximum Gasteiger partial charge on any atom is 0.192 e. The standard InChI is InChI=1S/C22H34N6O/c1-5-23-22(24-14-21-27-26-20-8-6-7-13-28(20)21)25-17(4)18-9-11-19(12-10-18)29-15-16(2)3/h9-12,16-17H,5-8,13-15H2,1-4H3,(H2,23,24,25). The molecule has 3 rings (SSSR count). The van der Waals surface area contributed by atoms with Gasteiger partial charge in [0.05, 0.1) is 12.6 Å². The third-order valence-corrected chi connectivity index (χ3v) is 4.98. The Labute approximate surface area is 174 Å². The van der Waals surface area contributed by atoms with Gasteiger partial charge < -0.3 is 19.9 Å². The van der Waals surface area contributed by atoms with Crippen molar-refractivity contribution in [2.24, 2.45) is 10.9 Å². The molecule has 0 radical (unpaired) electrons. The first-order valence-electron chi connectivity index (χ1n) is 10.8. The number of aliphatic imine (C=N–C) groups is 1. The van der Waals surface area contributed by atoms with Gasteiger partial charge in [-0.15, -0.1) is 10.2 Å². The molecule has 29 heavy (non-hydrogen) atoms. The van der Waals surface area contributed by atoms with Crippen LogP contribution in [0.1, 0.15) is 63.8 Å². The number of aryl methyl sites for hydroxylation is 1. The van der Waals surface area contributed by atoms with Crippen molar-refractivity contribution < 1.29 is 4.74 Å². The molecule has 0 spiro atoms. The van der Waals surface area contributed by atoms with Crippen molar-refractivity contribution in [2.75, 3.05) is 13.2 Å². The summed E-state index contributed by atoms with van der Waals surface area (Å²) in [5.41, 5.74) is 1.19. The average molecular weight is 399 g/mol. The van der Waals surface area contributed by atoms with E-state index in [2.05, 4.69) is 65.2 Å². The Kier molecular flexibility index (Phi) is 7.49. The first-order chi connectivity index (χ1) is 14.1. The highest BCUT2D eigenvalue weighted by atomic mass is 16.5. The van der Waals surface area contributed by atoms with Crippen LogP contribution in [0, 0.1) is 5.92 Å². The van der Waals surface area contributed by atoms with Gasteiger partial charge in [-0.3, -0.25) is 0 Å². The van der Waals surface area contributed by atoms with Crippen LogP contribution in [0.25, 0.3) is 0 Å². The second kappa shape index (κ2) is 10.3. The van der Waals surface area contributed by atoms with Crippen molar-refractivity contribution in [1.82, 2.24) is 25.4 Å². The summed E-state index contributed by atoms with van der Waals surface area (Å²) in [7, 11) is 0. The van der Waals surface area contributed by atoms with Crippen LogP contribution in [0.3, 0.4) is 0 Å². The number of nitrogens with zero attached hydrogens (tertiary/aromatic N) is 4. The molecule has 7 heteroatoms. The molecular formula is C22H34N6O. The first-order valence-corrected chi connectivity index (χ1v) is 10.8. The Hall–Kier alpha value is -2.57. The molecule has 0 fully saturated rings. The normalized spacial score (nSPS) is 15.1. The summed E-state index contributed by atoms with van der Waals surface area (Å²) in [6.07, 6.45) is 3.40. The van der Waals surface area contributed by atoms with E-state index in [1.807, 2.05) is 12.1 Å². The lowest BCUT2D eigenvalue weighted by Crippen LogP contribution is -2.38. The highest BCUT2D eigenvalue weighted by Gasteiger charge is 2.15. The molecule has 1 aromatic carbocycles. The van der Waals surface area contributed by atoms with Gasteiger partial charge in [-0.2, -0.15) is 0 Å². The zero-order valence-corrected chi connectivity index (χ0v) is 18.1. The summed E-state index contributed by atoms with van der Waals surface area (Å²) >= 11 is 0. The molecule has 1 unspecified atom stereocenters. The number of aromatic nitrogens is 3. The minimum Gasteiger partial charge on any atom is -0.493 e. The van der Waals surface area contributed by atoms with E-state index in [0.717, 1.165) is 49.5 Å². The summed E-state index contributed by atoms with van der Waals surface area (Å²) < 4.78 is 7.99. The van der Waals surface area contributed by atoms with Crippen LogP contribution in [0.4, 0.5) is 0 Å². The molecule has 2 N–H and O–H groups in total. The number of fused-ring (bicyclic) bond motifs is 1. The molecule has 158 valence electrons.